The van der Waals surface area contributed by atoms with Crippen molar-refractivity contribution in [3.05, 3.63) is 76.8 Å². The zero-order chi connectivity index (χ0) is 27.4. The van der Waals surface area contributed by atoms with E-state index in [0.29, 0.717) is 42.6 Å². The highest BCUT2D eigenvalue weighted by Gasteiger charge is 2.32. The van der Waals surface area contributed by atoms with Crippen LogP contribution in [0.1, 0.15) is 11.1 Å². The number of ether oxygens (including phenoxy) is 2. The monoisotopic (exact) mass is 557 g/mol. The van der Waals surface area contributed by atoms with Crippen LogP contribution in [0.3, 0.4) is 0 Å². The van der Waals surface area contributed by atoms with Crippen LogP contribution in [0.25, 0.3) is 0 Å². The van der Waals surface area contributed by atoms with Crippen LogP contribution in [-0.2, 0) is 14.8 Å². The first-order valence-corrected chi connectivity index (χ1v) is 14.1. The molecule has 1 saturated heterocycles. The number of carbonyl (C=O) groups is 1. The molecule has 0 aliphatic carbocycles. The number of nitrogens with zero attached hydrogens (tertiary/aromatic N) is 3. The Bertz CT molecular complexity index is 1400. The van der Waals surface area contributed by atoms with Crippen molar-refractivity contribution in [3.8, 4) is 11.5 Å². The number of halogens is 1. The zero-order valence-electron chi connectivity index (χ0n) is 22.0. The Morgan fingerprint density at radius 3 is 2.24 bits per heavy atom. The average Bonchev–Trinajstić information content (AvgIpc) is 2.93. The summed E-state index contributed by atoms with van der Waals surface area (Å²) in [6, 6.07) is 17.3. The summed E-state index contributed by atoms with van der Waals surface area (Å²) in [7, 11) is -1.18. The number of hydrogen-bond donors (Lipinski definition) is 0. The van der Waals surface area contributed by atoms with Crippen molar-refractivity contribution >= 4 is 38.9 Å². The second kappa shape index (κ2) is 11.5. The Kier molecular flexibility index (Phi) is 8.38. The number of piperazine rings is 1. The van der Waals surface area contributed by atoms with Gasteiger partial charge in [0.1, 0.15) is 22.9 Å². The van der Waals surface area contributed by atoms with Crippen molar-refractivity contribution in [2.45, 2.75) is 18.7 Å². The van der Waals surface area contributed by atoms with E-state index >= 15 is 0 Å². The highest BCUT2D eigenvalue weighted by Crippen LogP contribution is 2.32. The minimum atomic E-state index is -4.14. The summed E-state index contributed by atoms with van der Waals surface area (Å²) in [5.41, 5.74) is 3.27. The van der Waals surface area contributed by atoms with Crippen molar-refractivity contribution in [3.63, 3.8) is 0 Å². The van der Waals surface area contributed by atoms with Crippen LogP contribution in [0, 0.1) is 13.8 Å². The van der Waals surface area contributed by atoms with Gasteiger partial charge in [-0.3, -0.25) is 9.10 Å². The van der Waals surface area contributed by atoms with E-state index in [1.165, 1.54) is 14.2 Å². The first-order valence-electron chi connectivity index (χ1n) is 12.2. The fraction of sp³-hybridized carbons (Fsp3) is 0.321. The molecule has 202 valence electrons. The number of methoxy groups -OCH3 is 2. The Balaban J connectivity index is 1.59. The fourth-order valence-corrected chi connectivity index (χ4v) is 6.33. The summed E-state index contributed by atoms with van der Waals surface area (Å²) < 4.78 is 39.7. The summed E-state index contributed by atoms with van der Waals surface area (Å²) in [6.45, 7) is 5.66. The molecule has 0 unspecified atom stereocenters. The number of hydrogen-bond acceptors (Lipinski definition) is 6. The van der Waals surface area contributed by atoms with E-state index in [9.17, 15) is 13.2 Å². The van der Waals surface area contributed by atoms with Gasteiger partial charge in [-0.15, -0.1) is 0 Å². The van der Waals surface area contributed by atoms with Gasteiger partial charge in [-0.2, -0.15) is 0 Å². The van der Waals surface area contributed by atoms with Crippen molar-refractivity contribution in [1.82, 2.24) is 4.90 Å². The molecular formula is C28H32ClN3O5S. The van der Waals surface area contributed by atoms with Gasteiger partial charge < -0.3 is 19.3 Å². The molecule has 8 nitrogen and oxygen atoms in total. The van der Waals surface area contributed by atoms with Gasteiger partial charge in [-0.1, -0.05) is 23.7 Å². The molecule has 4 rings (SSSR count). The molecule has 1 aliphatic rings. The minimum Gasteiger partial charge on any atom is -0.497 e. The lowest BCUT2D eigenvalue weighted by molar-refractivity contribution is -0.129. The van der Waals surface area contributed by atoms with Gasteiger partial charge in [0.25, 0.3) is 10.0 Å². The maximum absolute atomic E-state index is 14.0. The first-order chi connectivity index (χ1) is 18.1. The highest BCUT2D eigenvalue weighted by atomic mass is 35.5. The van der Waals surface area contributed by atoms with Crippen LogP contribution in [0.4, 0.5) is 11.4 Å². The maximum Gasteiger partial charge on any atom is 0.268 e. The Hall–Kier alpha value is -3.43. The normalized spacial score (nSPS) is 13.8. The summed E-state index contributed by atoms with van der Waals surface area (Å²) in [4.78, 5) is 17.4. The number of benzene rings is 3. The van der Waals surface area contributed by atoms with Gasteiger partial charge in [0, 0.05) is 36.9 Å². The maximum atomic E-state index is 14.0. The van der Waals surface area contributed by atoms with Gasteiger partial charge in [0.05, 0.1) is 19.9 Å². The number of amides is 1. The molecule has 0 bridgehead atoms. The second-order valence-corrected chi connectivity index (χ2v) is 11.4. The SMILES string of the molecule is COc1ccc(N(CC(=O)N2CCN(c3cc(Cl)ccc3C)CC2)S(=O)(=O)c2cc(C)ccc2OC)cc1. The molecule has 1 fully saturated rings. The van der Waals surface area contributed by atoms with Crippen LogP contribution >= 0.6 is 11.6 Å². The van der Waals surface area contributed by atoms with E-state index in [4.69, 9.17) is 21.1 Å². The topological polar surface area (TPSA) is 79.4 Å². The number of anilines is 2. The van der Waals surface area contributed by atoms with Gasteiger partial charge in [0.2, 0.25) is 5.91 Å². The average molecular weight is 558 g/mol. The Morgan fingerprint density at radius 2 is 1.61 bits per heavy atom. The molecule has 0 saturated carbocycles. The minimum absolute atomic E-state index is 0.00451. The highest BCUT2D eigenvalue weighted by molar-refractivity contribution is 7.93. The lowest BCUT2D eigenvalue weighted by Crippen LogP contribution is -2.52. The second-order valence-electron chi connectivity index (χ2n) is 9.16. The molecule has 1 amide bonds. The lowest BCUT2D eigenvalue weighted by Gasteiger charge is -2.37. The van der Waals surface area contributed by atoms with E-state index in [-0.39, 0.29) is 23.1 Å². The quantitative estimate of drug-likeness (QED) is 0.405. The number of rotatable bonds is 8. The van der Waals surface area contributed by atoms with Crippen LogP contribution in [0.15, 0.2) is 65.6 Å². The fourth-order valence-electron chi connectivity index (χ4n) is 4.51. The molecule has 3 aromatic carbocycles. The lowest BCUT2D eigenvalue weighted by atomic mass is 10.1. The van der Waals surface area contributed by atoms with E-state index in [0.717, 1.165) is 21.1 Å². The third kappa shape index (κ3) is 5.84. The van der Waals surface area contributed by atoms with Gasteiger partial charge >= 0.3 is 0 Å². The van der Waals surface area contributed by atoms with Gasteiger partial charge in [-0.25, -0.2) is 8.42 Å². The molecule has 38 heavy (non-hydrogen) atoms. The van der Waals surface area contributed by atoms with Crippen molar-refractivity contribution < 1.29 is 22.7 Å². The van der Waals surface area contributed by atoms with Crippen LogP contribution in [-0.4, -0.2) is 66.2 Å². The first kappa shape index (κ1) is 27.6. The molecule has 0 radical (unpaired) electrons. The van der Waals surface area contributed by atoms with Crippen LogP contribution < -0.4 is 18.7 Å². The molecule has 0 N–H and O–H groups in total. The van der Waals surface area contributed by atoms with E-state index in [1.54, 1.807) is 47.4 Å². The summed E-state index contributed by atoms with van der Waals surface area (Å²) in [5.74, 6) is 0.517. The molecule has 0 atom stereocenters. The van der Waals surface area contributed by atoms with Gasteiger partial charge in [0.15, 0.2) is 0 Å². The Labute approximate surface area is 229 Å². The molecule has 0 spiro atoms. The third-order valence-corrected chi connectivity index (χ3v) is 8.70. The van der Waals surface area contributed by atoms with E-state index in [2.05, 4.69) is 4.90 Å². The smallest absolute Gasteiger partial charge is 0.268 e. The molecule has 3 aromatic rings. The predicted molar refractivity (Wildman–Crippen MR) is 150 cm³/mol. The third-order valence-electron chi connectivity index (χ3n) is 6.67. The van der Waals surface area contributed by atoms with E-state index < -0.39 is 10.0 Å². The molecular weight excluding hydrogens is 526 g/mol. The van der Waals surface area contributed by atoms with E-state index in [1.807, 2.05) is 32.0 Å². The molecule has 10 heteroatoms. The molecule has 0 aromatic heterocycles. The van der Waals surface area contributed by atoms with Crippen LogP contribution in [0.2, 0.25) is 5.02 Å². The van der Waals surface area contributed by atoms with Crippen molar-refractivity contribution in [2.75, 3.05) is 56.1 Å². The summed E-state index contributed by atoms with van der Waals surface area (Å²) in [5, 5.41) is 0.663. The predicted octanol–water partition coefficient (Wildman–Crippen LogP) is 4.52. The molecule has 1 aliphatic heterocycles. The number of carbonyl (C=O) groups excluding carboxylic acids is 1. The van der Waals surface area contributed by atoms with Crippen molar-refractivity contribution in [2.24, 2.45) is 0 Å². The van der Waals surface area contributed by atoms with Crippen molar-refractivity contribution in [1.29, 1.82) is 0 Å². The number of aryl methyl sites for hydroxylation is 2. The number of sulfonamides is 1. The van der Waals surface area contributed by atoms with Crippen LogP contribution in [0.5, 0.6) is 11.5 Å². The summed E-state index contributed by atoms with van der Waals surface area (Å²) in [6.07, 6.45) is 0. The largest absolute Gasteiger partial charge is 0.497 e. The van der Waals surface area contributed by atoms with Gasteiger partial charge in [-0.05, 0) is 73.5 Å². The Morgan fingerprint density at radius 1 is 0.921 bits per heavy atom. The summed E-state index contributed by atoms with van der Waals surface area (Å²) >= 11 is 6.20. The molecule has 1 heterocycles. The zero-order valence-corrected chi connectivity index (χ0v) is 23.6. The standard InChI is InChI=1S/C28H32ClN3O5S/c1-20-5-12-26(37-4)27(17-20)38(34,35)32(23-8-10-24(36-3)11-9-23)19-28(33)31-15-13-30(14-16-31)25-18-22(29)7-6-21(25)2/h5-12,17-18H,13-16,19H2,1-4H3.